The topological polar surface area (TPSA) is 89.3 Å². The Hall–Kier alpha value is -3.01. The van der Waals surface area contributed by atoms with Gasteiger partial charge in [-0.3, -0.25) is 9.59 Å². The second-order valence-corrected chi connectivity index (χ2v) is 9.69. The van der Waals surface area contributed by atoms with Gasteiger partial charge >= 0.3 is 0 Å². The van der Waals surface area contributed by atoms with Crippen molar-refractivity contribution < 1.29 is 14.3 Å². The van der Waals surface area contributed by atoms with Crippen LogP contribution in [0.15, 0.2) is 36.4 Å². The summed E-state index contributed by atoms with van der Waals surface area (Å²) < 4.78 is 8.21. The van der Waals surface area contributed by atoms with Crippen LogP contribution >= 0.6 is 22.9 Å². The molecule has 1 N–H and O–H groups in total. The van der Waals surface area contributed by atoms with Gasteiger partial charge in [-0.25, -0.2) is 9.97 Å². The van der Waals surface area contributed by atoms with E-state index in [0.29, 0.717) is 62.1 Å². The molecule has 0 aliphatic carbocycles. The molecule has 1 fully saturated rings. The number of nitrogens with one attached hydrogen (secondary N) is 1. The number of benzene rings is 2. The Morgan fingerprint density at radius 1 is 1.09 bits per heavy atom. The van der Waals surface area contributed by atoms with Crippen LogP contribution in [0.25, 0.3) is 21.3 Å². The Bertz CT molecular complexity index is 1380. The third-order valence-electron chi connectivity index (χ3n) is 5.93. The van der Waals surface area contributed by atoms with Gasteiger partial charge in [0.2, 0.25) is 11.9 Å². The molecule has 3 heterocycles. The number of hydrogen-bond donors (Lipinski definition) is 1. The van der Waals surface area contributed by atoms with Crippen molar-refractivity contribution in [2.24, 2.45) is 7.05 Å². The molecular weight excluding hydrogens is 474 g/mol. The van der Waals surface area contributed by atoms with Gasteiger partial charge in [-0.15, -0.1) is 0 Å². The highest BCUT2D eigenvalue weighted by atomic mass is 35.5. The van der Waals surface area contributed by atoms with Gasteiger partial charge in [-0.05, 0) is 42.8 Å². The number of aryl methyl sites for hydroxylation is 1. The average molecular weight is 498 g/mol. The number of fused-ring (bicyclic) bond motifs is 2. The molecule has 1 aliphatic heterocycles. The Kier molecular flexibility index (Phi) is 6.49. The minimum absolute atomic E-state index is 0.0138. The number of amides is 1. The third kappa shape index (κ3) is 4.77. The number of aromatic nitrogens is 3. The van der Waals surface area contributed by atoms with Crippen LogP contribution in [-0.2, 0) is 16.6 Å². The van der Waals surface area contributed by atoms with Gasteiger partial charge < -0.3 is 19.5 Å². The van der Waals surface area contributed by atoms with E-state index in [1.807, 2.05) is 52.9 Å². The molecule has 10 heteroatoms. The van der Waals surface area contributed by atoms with E-state index < -0.39 is 0 Å². The van der Waals surface area contributed by atoms with Crippen molar-refractivity contribution in [3.05, 3.63) is 47.0 Å². The molecule has 0 bridgehead atoms. The van der Waals surface area contributed by atoms with Crippen molar-refractivity contribution in [2.45, 2.75) is 19.3 Å². The summed E-state index contributed by atoms with van der Waals surface area (Å²) in [5, 5.41) is 4.67. The molecule has 5 rings (SSSR count). The van der Waals surface area contributed by atoms with Crippen LogP contribution in [-0.4, -0.2) is 57.4 Å². The number of rotatable bonds is 7. The number of carbonyl (C=O) groups excluding carboxylic acids is 2. The first-order valence-electron chi connectivity index (χ1n) is 11.2. The molecular formula is C24H24ClN5O3S. The third-order valence-corrected chi connectivity index (χ3v) is 7.10. The highest BCUT2D eigenvalue weighted by Gasteiger charge is 2.18. The number of morpholine rings is 1. The maximum atomic E-state index is 12.7. The fourth-order valence-corrected chi connectivity index (χ4v) is 5.18. The lowest BCUT2D eigenvalue weighted by atomic mass is 10.0. The standard InChI is InChI=1S/C24H24ClN5O3S/c1-29-19-8-5-15(20(31)3-2-4-22(32)30-9-11-33-12-10-30)13-18(19)26-23(29)28-24-27-17-7-6-16(25)14-21(17)34-24/h5-8,13-14H,2-4,9-12H2,1H3,(H,26,27,28). The van der Waals surface area contributed by atoms with Crippen molar-refractivity contribution >= 4 is 67.0 Å². The molecule has 0 spiro atoms. The Labute approximate surface area is 205 Å². The summed E-state index contributed by atoms with van der Waals surface area (Å²) >= 11 is 7.58. The number of anilines is 2. The number of carbonyl (C=O) groups is 2. The van der Waals surface area contributed by atoms with E-state index in [1.54, 1.807) is 0 Å². The molecule has 34 heavy (non-hydrogen) atoms. The number of Topliss-reactive ketones (excluding diaryl/α,β-unsaturated/α-hetero) is 1. The van der Waals surface area contributed by atoms with Crippen molar-refractivity contribution in [3.63, 3.8) is 0 Å². The van der Waals surface area contributed by atoms with Crippen LogP contribution in [0, 0.1) is 0 Å². The maximum absolute atomic E-state index is 12.7. The minimum Gasteiger partial charge on any atom is -0.378 e. The fourth-order valence-electron chi connectivity index (χ4n) is 4.05. The van der Waals surface area contributed by atoms with Crippen molar-refractivity contribution in [1.82, 2.24) is 19.4 Å². The summed E-state index contributed by atoms with van der Waals surface area (Å²) in [5.41, 5.74) is 3.11. The van der Waals surface area contributed by atoms with E-state index in [2.05, 4.69) is 15.3 Å². The van der Waals surface area contributed by atoms with Gasteiger partial charge in [0.25, 0.3) is 0 Å². The van der Waals surface area contributed by atoms with E-state index in [-0.39, 0.29) is 11.7 Å². The lowest BCUT2D eigenvalue weighted by molar-refractivity contribution is -0.135. The van der Waals surface area contributed by atoms with E-state index >= 15 is 0 Å². The Balaban J connectivity index is 1.25. The quantitative estimate of drug-likeness (QED) is 0.369. The highest BCUT2D eigenvalue weighted by molar-refractivity contribution is 7.22. The van der Waals surface area contributed by atoms with Crippen LogP contribution in [0.5, 0.6) is 0 Å². The van der Waals surface area contributed by atoms with Crippen LogP contribution < -0.4 is 5.32 Å². The second-order valence-electron chi connectivity index (χ2n) is 8.22. The SMILES string of the molecule is Cn1c(Nc2nc3ccc(Cl)cc3s2)nc2cc(C(=O)CCCC(=O)N3CCOCC3)ccc21. The molecule has 0 atom stereocenters. The van der Waals surface area contributed by atoms with Crippen molar-refractivity contribution in [1.29, 1.82) is 0 Å². The number of hydrogen-bond acceptors (Lipinski definition) is 7. The fraction of sp³-hybridized carbons (Fsp3) is 0.333. The van der Waals surface area contributed by atoms with Crippen LogP contribution in [0.2, 0.25) is 5.02 Å². The summed E-state index contributed by atoms with van der Waals surface area (Å²) in [5.74, 6) is 0.741. The second kappa shape index (κ2) is 9.69. The molecule has 2 aromatic carbocycles. The van der Waals surface area contributed by atoms with Crippen LogP contribution in [0.4, 0.5) is 11.1 Å². The molecule has 4 aromatic rings. The van der Waals surface area contributed by atoms with E-state index in [4.69, 9.17) is 16.3 Å². The maximum Gasteiger partial charge on any atom is 0.222 e. The van der Waals surface area contributed by atoms with Crippen LogP contribution in [0.3, 0.4) is 0 Å². The Morgan fingerprint density at radius 3 is 2.74 bits per heavy atom. The van der Waals surface area contributed by atoms with Gasteiger partial charge in [-0.2, -0.15) is 0 Å². The molecule has 2 aromatic heterocycles. The summed E-state index contributed by atoms with van der Waals surface area (Å²) in [4.78, 5) is 36.1. The first-order valence-corrected chi connectivity index (χ1v) is 12.4. The number of ether oxygens (including phenoxy) is 1. The zero-order chi connectivity index (χ0) is 23.7. The first-order chi connectivity index (χ1) is 16.5. The van der Waals surface area contributed by atoms with Gasteiger partial charge in [-0.1, -0.05) is 22.9 Å². The largest absolute Gasteiger partial charge is 0.378 e. The zero-order valence-electron chi connectivity index (χ0n) is 18.7. The zero-order valence-corrected chi connectivity index (χ0v) is 20.3. The van der Waals surface area contributed by atoms with E-state index in [9.17, 15) is 9.59 Å². The molecule has 0 saturated carbocycles. The Morgan fingerprint density at radius 2 is 1.91 bits per heavy atom. The smallest absolute Gasteiger partial charge is 0.222 e. The summed E-state index contributed by atoms with van der Waals surface area (Å²) in [6, 6.07) is 11.1. The molecule has 176 valence electrons. The molecule has 0 unspecified atom stereocenters. The number of nitrogens with zero attached hydrogens (tertiary/aromatic N) is 4. The van der Waals surface area contributed by atoms with Gasteiger partial charge in [0, 0.05) is 43.6 Å². The number of ketones is 1. The van der Waals surface area contributed by atoms with Crippen molar-refractivity contribution in [2.75, 3.05) is 31.6 Å². The van der Waals surface area contributed by atoms with Crippen LogP contribution in [0.1, 0.15) is 29.6 Å². The molecule has 1 amide bonds. The monoisotopic (exact) mass is 497 g/mol. The number of imidazole rings is 1. The number of thiazole rings is 1. The van der Waals surface area contributed by atoms with E-state index in [0.717, 1.165) is 26.4 Å². The summed E-state index contributed by atoms with van der Waals surface area (Å²) in [7, 11) is 1.92. The number of halogens is 1. The first kappa shape index (κ1) is 22.8. The predicted octanol–water partition coefficient (Wildman–Crippen LogP) is 4.79. The van der Waals surface area contributed by atoms with Gasteiger partial charge in [0.1, 0.15) is 0 Å². The molecule has 0 radical (unpaired) electrons. The highest BCUT2D eigenvalue weighted by Crippen LogP contribution is 2.31. The predicted molar refractivity (Wildman–Crippen MR) is 134 cm³/mol. The normalized spacial score (nSPS) is 14.1. The molecule has 8 nitrogen and oxygen atoms in total. The van der Waals surface area contributed by atoms with Gasteiger partial charge in [0.05, 0.1) is 34.5 Å². The summed E-state index contributed by atoms with van der Waals surface area (Å²) in [6.07, 6.45) is 1.23. The lowest BCUT2D eigenvalue weighted by Crippen LogP contribution is -2.40. The molecule has 1 aliphatic rings. The van der Waals surface area contributed by atoms with Crippen molar-refractivity contribution in [3.8, 4) is 0 Å². The minimum atomic E-state index is 0.0138. The molecule has 1 saturated heterocycles. The van der Waals surface area contributed by atoms with E-state index in [1.165, 1.54) is 11.3 Å². The average Bonchev–Trinajstić information content (AvgIpc) is 3.38. The summed E-state index contributed by atoms with van der Waals surface area (Å²) in [6.45, 7) is 2.42. The lowest BCUT2D eigenvalue weighted by Gasteiger charge is -2.26. The van der Waals surface area contributed by atoms with Gasteiger partial charge in [0.15, 0.2) is 10.9 Å².